The summed E-state index contributed by atoms with van der Waals surface area (Å²) < 4.78 is 0. The van der Waals surface area contributed by atoms with Crippen LogP contribution in [0.15, 0.2) is 24.4 Å². The minimum Gasteiger partial charge on any atom is -0.355 e. The summed E-state index contributed by atoms with van der Waals surface area (Å²) in [4.78, 5) is 14.4. The van der Waals surface area contributed by atoms with Crippen LogP contribution in [-0.4, -0.2) is 46.3 Å². The molecule has 3 rings (SSSR count). The quantitative estimate of drug-likeness (QED) is 0.818. The average Bonchev–Trinajstić information content (AvgIpc) is 2.67. The Morgan fingerprint density at radius 2 is 2.00 bits per heavy atom. The number of hydrogen-bond acceptors (Lipinski definition) is 6. The third-order valence-electron chi connectivity index (χ3n) is 5.20. The molecule has 3 heterocycles. The maximum Gasteiger partial charge on any atom is 0.151 e. The first kappa shape index (κ1) is 19.5. The van der Waals surface area contributed by atoms with Crippen LogP contribution in [0.4, 0.5) is 11.6 Å². The highest BCUT2D eigenvalue weighted by Gasteiger charge is 2.27. The highest BCUT2D eigenvalue weighted by atomic mass is 15.3. The number of rotatable bonds is 4. The highest BCUT2D eigenvalue weighted by molar-refractivity contribution is 5.44. The van der Waals surface area contributed by atoms with E-state index in [0.717, 1.165) is 49.1 Å². The third kappa shape index (κ3) is 4.54. The lowest BCUT2D eigenvalue weighted by Gasteiger charge is -2.39. The van der Waals surface area contributed by atoms with Crippen LogP contribution < -0.4 is 9.80 Å². The van der Waals surface area contributed by atoms with Gasteiger partial charge in [0.2, 0.25) is 0 Å². The van der Waals surface area contributed by atoms with Crippen molar-refractivity contribution in [2.75, 3.05) is 29.9 Å². The summed E-state index contributed by atoms with van der Waals surface area (Å²) in [5.74, 6) is 3.20. The summed E-state index contributed by atoms with van der Waals surface area (Å²) >= 11 is 0. The molecule has 0 aromatic carbocycles. The molecule has 1 atom stereocenters. The molecule has 0 aliphatic carbocycles. The van der Waals surface area contributed by atoms with Gasteiger partial charge in [0.15, 0.2) is 5.82 Å². The van der Waals surface area contributed by atoms with E-state index in [2.05, 4.69) is 67.7 Å². The van der Waals surface area contributed by atoms with Crippen molar-refractivity contribution in [2.24, 2.45) is 0 Å². The van der Waals surface area contributed by atoms with Crippen molar-refractivity contribution in [3.05, 3.63) is 35.9 Å². The fourth-order valence-corrected chi connectivity index (χ4v) is 3.40. The molecule has 1 fully saturated rings. The molecule has 1 saturated heterocycles. The minimum absolute atomic E-state index is 0.000395. The summed E-state index contributed by atoms with van der Waals surface area (Å²) in [6.07, 6.45) is 4.01. The van der Waals surface area contributed by atoms with Gasteiger partial charge in [0.1, 0.15) is 11.6 Å². The first-order chi connectivity index (χ1) is 12.8. The molecule has 146 valence electrons. The highest BCUT2D eigenvalue weighted by Crippen LogP contribution is 2.28. The Morgan fingerprint density at radius 3 is 2.63 bits per heavy atom. The third-order valence-corrected chi connectivity index (χ3v) is 5.20. The van der Waals surface area contributed by atoms with Gasteiger partial charge in [-0.1, -0.05) is 34.6 Å². The molecule has 6 nitrogen and oxygen atoms in total. The largest absolute Gasteiger partial charge is 0.355 e. The molecule has 1 aliphatic heterocycles. The second-order valence-electron chi connectivity index (χ2n) is 8.81. The van der Waals surface area contributed by atoms with Crippen LogP contribution in [0.1, 0.15) is 64.9 Å². The van der Waals surface area contributed by atoms with E-state index in [0.29, 0.717) is 12.0 Å². The van der Waals surface area contributed by atoms with Gasteiger partial charge in [-0.25, -0.2) is 9.97 Å². The SMILES string of the molecule is CC(C)c1nc(N(C)[C@@H]2CCCN(c3cccnn3)C2)cc(C(C)(C)C)n1. The molecule has 0 spiro atoms. The van der Waals surface area contributed by atoms with Crippen LogP contribution in [0.3, 0.4) is 0 Å². The Kier molecular flexibility index (Phi) is 5.63. The molecule has 0 unspecified atom stereocenters. The molecule has 0 N–H and O–H groups in total. The van der Waals surface area contributed by atoms with Gasteiger partial charge in [0.25, 0.3) is 0 Å². The van der Waals surface area contributed by atoms with E-state index in [4.69, 9.17) is 9.97 Å². The number of aromatic nitrogens is 4. The lowest BCUT2D eigenvalue weighted by molar-refractivity contribution is 0.480. The predicted molar refractivity (Wildman–Crippen MR) is 110 cm³/mol. The molecule has 27 heavy (non-hydrogen) atoms. The summed E-state index contributed by atoms with van der Waals surface area (Å²) in [5.41, 5.74) is 1.10. The predicted octanol–water partition coefficient (Wildman–Crippen LogP) is 3.79. The van der Waals surface area contributed by atoms with Crippen molar-refractivity contribution in [2.45, 2.75) is 64.8 Å². The van der Waals surface area contributed by atoms with Crippen LogP contribution in [0.2, 0.25) is 0 Å². The van der Waals surface area contributed by atoms with Gasteiger partial charge in [0, 0.05) is 49.8 Å². The molecular formula is C21H32N6. The molecule has 2 aromatic heterocycles. The minimum atomic E-state index is 0.000395. The van der Waals surface area contributed by atoms with Gasteiger partial charge in [0.05, 0.1) is 5.69 Å². The van der Waals surface area contributed by atoms with E-state index in [1.807, 2.05) is 12.1 Å². The van der Waals surface area contributed by atoms with E-state index in [1.54, 1.807) is 6.20 Å². The number of hydrogen-bond donors (Lipinski definition) is 0. The monoisotopic (exact) mass is 368 g/mol. The van der Waals surface area contributed by atoms with E-state index in [9.17, 15) is 0 Å². The Hall–Kier alpha value is -2.24. The second kappa shape index (κ2) is 7.79. The fourth-order valence-electron chi connectivity index (χ4n) is 3.40. The Labute approximate surface area is 163 Å². The summed E-state index contributed by atoms with van der Waals surface area (Å²) in [6.45, 7) is 12.9. The number of piperidine rings is 1. The standard InChI is InChI=1S/C21H32N6/c1-15(2)20-23-17(21(3,4)5)13-19(24-20)26(6)16-9-8-12-27(14-16)18-10-7-11-22-25-18/h7,10-11,13,15-16H,8-9,12,14H2,1-6H3/t16-/m1/s1. The van der Waals surface area contributed by atoms with Gasteiger partial charge >= 0.3 is 0 Å². The lowest BCUT2D eigenvalue weighted by atomic mass is 9.91. The molecule has 0 amide bonds. The number of anilines is 2. The zero-order chi connectivity index (χ0) is 19.6. The van der Waals surface area contributed by atoms with Crippen molar-refractivity contribution in [1.29, 1.82) is 0 Å². The van der Waals surface area contributed by atoms with Crippen molar-refractivity contribution in [1.82, 2.24) is 20.2 Å². The Bertz CT molecular complexity index is 753. The molecule has 2 aromatic rings. The van der Waals surface area contributed by atoms with Crippen LogP contribution in [0.5, 0.6) is 0 Å². The zero-order valence-corrected chi connectivity index (χ0v) is 17.5. The average molecular weight is 369 g/mol. The zero-order valence-electron chi connectivity index (χ0n) is 17.5. The normalized spacial score (nSPS) is 18.0. The summed E-state index contributed by atoms with van der Waals surface area (Å²) in [6, 6.07) is 6.54. The van der Waals surface area contributed by atoms with Gasteiger partial charge in [-0.05, 0) is 25.0 Å². The smallest absolute Gasteiger partial charge is 0.151 e. The molecular weight excluding hydrogens is 336 g/mol. The maximum absolute atomic E-state index is 4.89. The van der Waals surface area contributed by atoms with Gasteiger partial charge in [-0.2, -0.15) is 5.10 Å². The van der Waals surface area contributed by atoms with E-state index in [1.165, 1.54) is 0 Å². The maximum atomic E-state index is 4.89. The molecule has 1 aliphatic rings. The summed E-state index contributed by atoms with van der Waals surface area (Å²) in [5, 5.41) is 8.32. The van der Waals surface area contributed by atoms with Gasteiger partial charge in [-0.3, -0.25) is 0 Å². The lowest BCUT2D eigenvalue weighted by Crippen LogP contribution is -2.47. The summed E-state index contributed by atoms with van der Waals surface area (Å²) in [7, 11) is 2.16. The van der Waals surface area contributed by atoms with Crippen molar-refractivity contribution < 1.29 is 0 Å². The first-order valence-electron chi connectivity index (χ1n) is 9.90. The number of nitrogens with zero attached hydrogens (tertiary/aromatic N) is 6. The second-order valence-corrected chi connectivity index (χ2v) is 8.81. The van der Waals surface area contributed by atoms with Crippen molar-refractivity contribution in [3.63, 3.8) is 0 Å². The van der Waals surface area contributed by atoms with Crippen molar-refractivity contribution >= 4 is 11.6 Å². The first-order valence-corrected chi connectivity index (χ1v) is 9.90. The van der Waals surface area contributed by atoms with Crippen LogP contribution >= 0.6 is 0 Å². The van der Waals surface area contributed by atoms with Gasteiger partial charge < -0.3 is 9.80 Å². The van der Waals surface area contributed by atoms with Crippen molar-refractivity contribution in [3.8, 4) is 0 Å². The van der Waals surface area contributed by atoms with E-state index >= 15 is 0 Å². The Balaban J connectivity index is 1.86. The molecule has 0 bridgehead atoms. The molecule has 0 saturated carbocycles. The van der Waals surface area contributed by atoms with E-state index in [-0.39, 0.29) is 5.41 Å². The van der Waals surface area contributed by atoms with Crippen LogP contribution in [-0.2, 0) is 5.41 Å². The number of likely N-dealkylation sites (N-methyl/N-ethyl adjacent to an activating group) is 1. The molecule has 0 radical (unpaired) electrons. The fraction of sp³-hybridized carbons (Fsp3) is 0.619. The Morgan fingerprint density at radius 1 is 1.22 bits per heavy atom. The van der Waals surface area contributed by atoms with Crippen LogP contribution in [0, 0.1) is 0 Å². The topological polar surface area (TPSA) is 58.0 Å². The van der Waals surface area contributed by atoms with Crippen LogP contribution in [0.25, 0.3) is 0 Å². The molecule has 6 heteroatoms. The van der Waals surface area contributed by atoms with E-state index < -0.39 is 0 Å². The van der Waals surface area contributed by atoms with Gasteiger partial charge in [-0.15, -0.1) is 5.10 Å².